The Morgan fingerprint density at radius 1 is 1.71 bits per heavy atom. The van der Waals surface area contributed by atoms with E-state index in [1.54, 1.807) is 6.20 Å². The van der Waals surface area contributed by atoms with Gasteiger partial charge < -0.3 is 10.4 Å². The Morgan fingerprint density at radius 3 is 2.86 bits per heavy atom. The molecule has 0 aliphatic heterocycles. The first-order valence-corrected chi connectivity index (χ1v) is 5.36. The van der Waals surface area contributed by atoms with E-state index in [2.05, 4.69) is 10.3 Å². The Bertz CT molecular complexity index is 285. The highest BCUT2D eigenvalue weighted by atomic mass is 32.1. The fraction of sp³-hybridized carbons (Fsp3) is 0.556. The summed E-state index contributed by atoms with van der Waals surface area (Å²) in [5.41, 5.74) is 0. The van der Waals surface area contributed by atoms with Gasteiger partial charge in [0.25, 0.3) is 0 Å². The number of aromatic nitrogens is 1. The third-order valence-electron chi connectivity index (χ3n) is 1.74. The average Bonchev–Trinajstić information content (AvgIpc) is 2.54. The molecule has 1 heterocycles. The van der Waals surface area contributed by atoms with Crippen LogP contribution in [0.2, 0.25) is 0 Å². The van der Waals surface area contributed by atoms with Crippen LogP contribution in [0.25, 0.3) is 0 Å². The number of carboxylic acids is 1. The second kappa shape index (κ2) is 4.95. The van der Waals surface area contributed by atoms with Crippen LogP contribution in [0.1, 0.15) is 20.3 Å². The minimum absolute atomic E-state index is 0.351. The SMILES string of the molecule is CC(C)CC(Nc1nccs1)C(=O)O. The number of nitrogens with one attached hydrogen (secondary N) is 1. The largest absolute Gasteiger partial charge is 0.480 e. The van der Waals surface area contributed by atoms with Crippen LogP contribution in [-0.2, 0) is 4.79 Å². The van der Waals surface area contributed by atoms with Crippen LogP contribution < -0.4 is 5.32 Å². The first-order valence-electron chi connectivity index (χ1n) is 4.48. The first-order chi connectivity index (χ1) is 6.59. The Morgan fingerprint density at radius 2 is 2.43 bits per heavy atom. The van der Waals surface area contributed by atoms with Gasteiger partial charge in [0.15, 0.2) is 5.13 Å². The molecule has 1 unspecified atom stereocenters. The zero-order valence-electron chi connectivity index (χ0n) is 8.23. The summed E-state index contributed by atoms with van der Waals surface area (Å²) in [5, 5.41) is 14.3. The molecule has 1 aromatic rings. The molecule has 0 fully saturated rings. The van der Waals surface area contributed by atoms with Gasteiger partial charge in [0, 0.05) is 11.6 Å². The highest BCUT2D eigenvalue weighted by molar-refractivity contribution is 7.13. The van der Waals surface area contributed by atoms with Gasteiger partial charge >= 0.3 is 5.97 Å². The van der Waals surface area contributed by atoms with Crippen molar-refractivity contribution in [2.75, 3.05) is 5.32 Å². The molecule has 0 radical (unpaired) electrons. The van der Waals surface area contributed by atoms with Gasteiger partial charge in [-0.15, -0.1) is 11.3 Å². The van der Waals surface area contributed by atoms with Crippen LogP contribution in [0.15, 0.2) is 11.6 Å². The summed E-state index contributed by atoms with van der Waals surface area (Å²) in [7, 11) is 0. The van der Waals surface area contributed by atoms with Crippen molar-refractivity contribution in [2.24, 2.45) is 5.92 Å². The van der Waals surface area contributed by atoms with E-state index in [9.17, 15) is 4.79 Å². The van der Waals surface area contributed by atoms with E-state index in [0.29, 0.717) is 17.5 Å². The number of thiazole rings is 1. The molecule has 4 nitrogen and oxygen atoms in total. The molecule has 0 aliphatic carbocycles. The van der Waals surface area contributed by atoms with Crippen molar-refractivity contribution >= 4 is 22.4 Å². The zero-order chi connectivity index (χ0) is 10.6. The van der Waals surface area contributed by atoms with E-state index in [1.807, 2.05) is 19.2 Å². The van der Waals surface area contributed by atoms with Gasteiger partial charge in [0.1, 0.15) is 6.04 Å². The second-order valence-electron chi connectivity index (χ2n) is 3.50. The fourth-order valence-electron chi connectivity index (χ4n) is 1.14. The molecule has 0 saturated carbocycles. The molecule has 2 N–H and O–H groups in total. The van der Waals surface area contributed by atoms with Crippen molar-refractivity contribution in [3.05, 3.63) is 11.6 Å². The third kappa shape index (κ3) is 3.33. The summed E-state index contributed by atoms with van der Waals surface area (Å²) in [6, 6.07) is -0.541. The monoisotopic (exact) mass is 214 g/mol. The molecule has 1 rings (SSSR count). The van der Waals surface area contributed by atoms with Gasteiger partial charge in [0.05, 0.1) is 0 Å². The summed E-state index contributed by atoms with van der Waals surface area (Å²) in [4.78, 5) is 14.9. The van der Waals surface area contributed by atoms with Gasteiger partial charge in [-0.2, -0.15) is 0 Å². The fourth-order valence-corrected chi connectivity index (χ4v) is 1.72. The minimum atomic E-state index is -0.825. The van der Waals surface area contributed by atoms with Crippen LogP contribution in [0.5, 0.6) is 0 Å². The predicted octanol–water partition coefficient (Wildman–Crippen LogP) is 2.05. The normalized spacial score (nSPS) is 12.8. The quantitative estimate of drug-likeness (QED) is 0.787. The number of nitrogens with zero attached hydrogens (tertiary/aromatic N) is 1. The number of hydrogen-bond donors (Lipinski definition) is 2. The van der Waals surface area contributed by atoms with Crippen molar-refractivity contribution in [1.82, 2.24) is 4.98 Å². The maximum absolute atomic E-state index is 10.9. The topological polar surface area (TPSA) is 62.2 Å². The molecule has 0 amide bonds. The van der Waals surface area contributed by atoms with Crippen LogP contribution in [0.3, 0.4) is 0 Å². The van der Waals surface area contributed by atoms with E-state index in [1.165, 1.54) is 11.3 Å². The molecular formula is C9H14N2O2S. The molecular weight excluding hydrogens is 200 g/mol. The molecule has 0 spiro atoms. The summed E-state index contributed by atoms with van der Waals surface area (Å²) < 4.78 is 0. The zero-order valence-corrected chi connectivity index (χ0v) is 9.04. The van der Waals surface area contributed by atoms with Gasteiger partial charge in [-0.3, -0.25) is 0 Å². The Kier molecular flexibility index (Phi) is 3.88. The lowest BCUT2D eigenvalue weighted by Crippen LogP contribution is -2.30. The number of carbonyl (C=O) groups is 1. The van der Waals surface area contributed by atoms with Gasteiger partial charge in [-0.25, -0.2) is 9.78 Å². The van der Waals surface area contributed by atoms with Crippen molar-refractivity contribution in [2.45, 2.75) is 26.3 Å². The number of aliphatic carboxylic acids is 1. The first kappa shape index (κ1) is 11.0. The van der Waals surface area contributed by atoms with E-state index in [-0.39, 0.29) is 0 Å². The van der Waals surface area contributed by atoms with E-state index >= 15 is 0 Å². The lowest BCUT2D eigenvalue weighted by Gasteiger charge is -2.15. The van der Waals surface area contributed by atoms with Crippen LogP contribution in [0.4, 0.5) is 5.13 Å². The van der Waals surface area contributed by atoms with Crippen LogP contribution in [-0.4, -0.2) is 22.1 Å². The maximum Gasteiger partial charge on any atom is 0.326 e. The molecule has 0 aliphatic rings. The summed E-state index contributed by atoms with van der Waals surface area (Å²) in [6.45, 7) is 4.00. The molecule has 1 atom stereocenters. The molecule has 1 aromatic heterocycles. The van der Waals surface area contributed by atoms with Gasteiger partial charge in [0.2, 0.25) is 0 Å². The minimum Gasteiger partial charge on any atom is -0.480 e. The molecule has 0 aromatic carbocycles. The van der Waals surface area contributed by atoms with Crippen molar-refractivity contribution in [3.8, 4) is 0 Å². The Hall–Kier alpha value is -1.10. The van der Waals surface area contributed by atoms with Crippen LogP contribution >= 0.6 is 11.3 Å². The van der Waals surface area contributed by atoms with Crippen molar-refractivity contribution < 1.29 is 9.90 Å². The Balaban J connectivity index is 2.56. The van der Waals surface area contributed by atoms with E-state index < -0.39 is 12.0 Å². The maximum atomic E-state index is 10.9. The van der Waals surface area contributed by atoms with Crippen LogP contribution in [0, 0.1) is 5.92 Å². The number of anilines is 1. The summed E-state index contributed by atoms with van der Waals surface area (Å²) in [5.74, 6) is -0.475. The molecule has 0 saturated heterocycles. The Labute approximate surface area is 87.0 Å². The lowest BCUT2D eigenvalue weighted by molar-refractivity contribution is -0.138. The highest BCUT2D eigenvalue weighted by Gasteiger charge is 2.19. The molecule has 78 valence electrons. The average molecular weight is 214 g/mol. The molecule has 14 heavy (non-hydrogen) atoms. The standard InChI is InChI=1S/C9H14N2O2S/c1-6(2)5-7(8(12)13)11-9-10-3-4-14-9/h3-4,6-7H,5H2,1-2H3,(H,10,11)(H,12,13). The van der Waals surface area contributed by atoms with E-state index in [0.717, 1.165) is 0 Å². The summed E-state index contributed by atoms with van der Waals surface area (Å²) in [6.07, 6.45) is 2.26. The van der Waals surface area contributed by atoms with Gasteiger partial charge in [-0.05, 0) is 12.3 Å². The van der Waals surface area contributed by atoms with Crippen molar-refractivity contribution in [3.63, 3.8) is 0 Å². The third-order valence-corrected chi connectivity index (χ3v) is 2.44. The van der Waals surface area contributed by atoms with E-state index in [4.69, 9.17) is 5.11 Å². The number of hydrogen-bond acceptors (Lipinski definition) is 4. The molecule has 0 bridgehead atoms. The van der Waals surface area contributed by atoms with Crippen molar-refractivity contribution in [1.29, 1.82) is 0 Å². The van der Waals surface area contributed by atoms with Gasteiger partial charge in [-0.1, -0.05) is 13.8 Å². The number of carboxylic acid groups (broad SMARTS) is 1. The second-order valence-corrected chi connectivity index (χ2v) is 4.40. The number of rotatable bonds is 5. The molecule has 5 heteroatoms. The smallest absolute Gasteiger partial charge is 0.326 e. The predicted molar refractivity (Wildman–Crippen MR) is 56.6 cm³/mol. The summed E-state index contributed by atoms with van der Waals surface area (Å²) >= 11 is 1.41. The highest BCUT2D eigenvalue weighted by Crippen LogP contribution is 2.15. The lowest BCUT2D eigenvalue weighted by atomic mass is 10.0.